The molecule has 8 nitrogen and oxygen atoms in total. The molecular formula is C19H24FN5O3. The predicted octanol–water partition coefficient (Wildman–Crippen LogP) is 0.332. The van der Waals surface area contributed by atoms with Gasteiger partial charge in [0.25, 0.3) is 0 Å². The van der Waals surface area contributed by atoms with E-state index < -0.39 is 29.7 Å². The highest BCUT2D eigenvalue weighted by Crippen LogP contribution is 2.28. The molecule has 1 aromatic carbocycles. The lowest BCUT2D eigenvalue weighted by Gasteiger charge is -2.46. The standard InChI is InChI=1S/C19H24FN5O3/c20-11-5-4-6-12(9-11)21-17(27)13-10-14(26)22-16-15(13)18(28)24-19(23-16)25-7-2-1-3-8-25/h4-6,9,13,15-16,19,23H,1-3,7-8,10H2,(H,21,27)(H,22,26)(H,24,28). The summed E-state index contributed by atoms with van der Waals surface area (Å²) in [6.07, 6.45) is 2.22. The lowest BCUT2D eigenvalue weighted by molar-refractivity contribution is -0.147. The van der Waals surface area contributed by atoms with Crippen LogP contribution in [0.2, 0.25) is 0 Å². The van der Waals surface area contributed by atoms with Gasteiger partial charge in [0.05, 0.1) is 18.0 Å². The van der Waals surface area contributed by atoms with E-state index in [-0.39, 0.29) is 24.5 Å². The van der Waals surface area contributed by atoms with Gasteiger partial charge in [0.2, 0.25) is 17.7 Å². The van der Waals surface area contributed by atoms with Gasteiger partial charge in [-0.3, -0.25) is 24.6 Å². The maximum Gasteiger partial charge on any atom is 0.229 e. The summed E-state index contributed by atoms with van der Waals surface area (Å²) < 4.78 is 13.4. The van der Waals surface area contributed by atoms with Crippen LogP contribution in [-0.2, 0) is 14.4 Å². The van der Waals surface area contributed by atoms with Gasteiger partial charge in [0.1, 0.15) is 12.1 Å². The fourth-order valence-corrected chi connectivity index (χ4v) is 4.23. The number of piperidine rings is 2. The number of rotatable bonds is 3. The van der Waals surface area contributed by atoms with Crippen LogP contribution in [0.25, 0.3) is 0 Å². The molecule has 3 heterocycles. The lowest BCUT2D eigenvalue weighted by atomic mass is 9.81. The minimum absolute atomic E-state index is 0.0915. The van der Waals surface area contributed by atoms with Crippen LogP contribution >= 0.6 is 0 Å². The molecule has 1 aromatic rings. The molecule has 3 amide bonds. The number of hydrogen-bond acceptors (Lipinski definition) is 5. The normalized spacial score (nSPS) is 30.8. The van der Waals surface area contributed by atoms with Gasteiger partial charge in [-0.1, -0.05) is 12.5 Å². The topological polar surface area (TPSA) is 103 Å². The fraction of sp³-hybridized carbons (Fsp3) is 0.526. The van der Waals surface area contributed by atoms with E-state index in [0.717, 1.165) is 25.9 Å². The number of nitrogens with one attached hydrogen (secondary N) is 4. The van der Waals surface area contributed by atoms with Gasteiger partial charge in [0, 0.05) is 25.2 Å². The van der Waals surface area contributed by atoms with Gasteiger partial charge in [-0.15, -0.1) is 0 Å². The average Bonchev–Trinajstić information content (AvgIpc) is 2.67. The summed E-state index contributed by atoms with van der Waals surface area (Å²) in [6, 6.07) is 5.52. The molecule has 0 bridgehead atoms. The molecule has 3 aliphatic heterocycles. The van der Waals surface area contributed by atoms with Gasteiger partial charge in [0.15, 0.2) is 0 Å². The summed E-state index contributed by atoms with van der Waals surface area (Å²) in [6.45, 7) is 1.74. The number of anilines is 1. The Kier molecular flexibility index (Phi) is 5.27. The zero-order valence-electron chi connectivity index (χ0n) is 15.4. The van der Waals surface area contributed by atoms with E-state index in [0.29, 0.717) is 5.69 Å². The third kappa shape index (κ3) is 3.85. The number of nitrogens with zero attached hydrogens (tertiary/aromatic N) is 1. The Bertz CT molecular complexity index is 783. The zero-order chi connectivity index (χ0) is 19.7. The second kappa shape index (κ2) is 7.84. The molecule has 3 saturated heterocycles. The van der Waals surface area contributed by atoms with Crippen molar-refractivity contribution in [3.05, 3.63) is 30.1 Å². The van der Waals surface area contributed by atoms with Gasteiger partial charge >= 0.3 is 0 Å². The first-order valence-electron chi connectivity index (χ1n) is 9.67. The number of benzene rings is 1. The molecule has 3 aliphatic rings. The van der Waals surface area contributed by atoms with Crippen LogP contribution in [0.15, 0.2) is 24.3 Å². The molecule has 0 aromatic heterocycles. The van der Waals surface area contributed by atoms with Crippen molar-refractivity contribution in [1.29, 1.82) is 0 Å². The van der Waals surface area contributed by atoms with Crippen LogP contribution in [-0.4, -0.2) is 48.2 Å². The molecule has 4 rings (SSSR count). The van der Waals surface area contributed by atoms with Crippen molar-refractivity contribution in [2.75, 3.05) is 18.4 Å². The Morgan fingerprint density at radius 2 is 1.93 bits per heavy atom. The van der Waals surface area contributed by atoms with Crippen molar-refractivity contribution >= 4 is 23.4 Å². The van der Waals surface area contributed by atoms with Crippen LogP contribution in [0.4, 0.5) is 10.1 Å². The van der Waals surface area contributed by atoms with E-state index in [2.05, 4.69) is 26.2 Å². The molecule has 150 valence electrons. The maximum atomic E-state index is 13.4. The molecule has 9 heteroatoms. The summed E-state index contributed by atoms with van der Waals surface area (Å²) in [5.41, 5.74) is 0.294. The highest BCUT2D eigenvalue weighted by atomic mass is 19.1. The minimum Gasteiger partial charge on any atom is -0.340 e. The van der Waals surface area contributed by atoms with Crippen molar-refractivity contribution in [3.8, 4) is 0 Å². The van der Waals surface area contributed by atoms with Crippen LogP contribution in [0, 0.1) is 17.7 Å². The zero-order valence-corrected chi connectivity index (χ0v) is 15.4. The largest absolute Gasteiger partial charge is 0.340 e. The van der Waals surface area contributed by atoms with Gasteiger partial charge in [-0.05, 0) is 31.0 Å². The monoisotopic (exact) mass is 389 g/mol. The Labute approximate surface area is 162 Å². The Morgan fingerprint density at radius 1 is 1.14 bits per heavy atom. The third-order valence-electron chi connectivity index (χ3n) is 5.62. The van der Waals surface area contributed by atoms with Crippen molar-refractivity contribution in [2.45, 2.75) is 38.1 Å². The summed E-state index contributed by atoms with van der Waals surface area (Å²) in [5, 5.41) is 11.6. The van der Waals surface area contributed by atoms with E-state index >= 15 is 0 Å². The molecule has 4 N–H and O–H groups in total. The summed E-state index contributed by atoms with van der Waals surface area (Å²) in [4.78, 5) is 39.9. The average molecular weight is 389 g/mol. The predicted molar refractivity (Wildman–Crippen MR) is 99.0 cm³/mol. The van der Waals surface area contributed by atoms with E-state index in [1.54, 1.807) is 6.07 Å². The molecule has 3 fully saturated rings. The molecule has 28 heavy (non-hydrogen) atoms. The van der Waals surface area contributed by atoms with Gasteiger partial charge < -0.3 is 16.0 Å². The third-order valence-corrected chi connectivity index (χ3v) is 5.62. The molecular weight excluding hydrogens is 365 g/mol. The fourth-order valence-electron chi connectivity index (χ4n) is 4.23. The van der Waals surface area contributed by atoms with Crippen LogP contribution in [0.5, 0.6) is 0 Å². The van der Waals surface area contributed by atoms with Crippen molar-refractivity contribution < 1.29 is 18.8 Å². The number of fused-ring (bicyclic) bond motifs is 1. The molecule has 4 unspecified atom stereocenters. The Hall–Kier alpha value is -2.52. The van der Waals surface area contributed by atoms with Gasteiger partial charge in [-0.25, -0.2) is 4.39 Å². The quantitative estimate of drug-likeness (QED) is 0.597. The number of carbonyl (C=O) groups excluding carboxylic acids is 3. The molecule has 0 spiro atoms. The van der Waals surface area contributed by atoms with Crippen LogP contribution in [0.1, 0.15) is 25.7 Å². The second-order valence-corrected chi connectivity index (χ2v) is 7.56. The van der Waals surface area contributed by atoms with Crippen molar-refractivity contribution in [2.24, 2.45) is 11.8 Å². The molecule has 0 saturated carbocycles. The lowest BCUT2D eigenvalue weighted by Crippen LogP contribution is -2.74. The minimum atomic E-state index is -0.836. The van der Waals surface area contributed by atoms with Crippen LogP contribution in [0.3, 0.4) is 0 Å². The van der Waals surface area contributed by atoms with E-state index in [1.807, 2.05) is 0 Å². The molecule has 0 radical (unpaired) electrons. The molecule has 0 aliphatic carbocycles. The summed E-state index contributed by atoms with van der Waals surface area (Å²) >= 11 is 0. The van der Waals surface area contributed by atoms with E-state index in [9.17, 15) is 18.8 Å². The smallest absolute Gasteiger partial charge is 0.229 e. The Morgan fingerprint density at radius 3 is 2.68 bits per heavy atom. The number of halogens is 1. The maximum absolute atomic E-state index is 13.4. The number of carbonyl (C=O) groups is 3. The number of amides is 3. The SMILES string of the molecule is O=C1CC(C(=O)Nc2cccc(F)c2)C2C(=O)NC(N3CCCCC3)NC2N1. The number of hydrogen-bond donors (Lipinski definition) is 4. The number of likely N-dealkylation sites (tertiary alicyclic amines) is 1. The van der Waals surface area contributed by atoms with Crippen LogP contribution < -0.4 is 21.3 Å². The van der Waals surface area contributed by atoms with Crippen molar-refractivity contribution in [3.63, 3.8) is 0 Å². The van der Waals surface area contributed by atoms with E-state index in [4.69, 9.17) is 0 Å². The highest BCUT2D eigenvalue weighted by molar-refractivity contribution is 6.00. The Balaban J connectivity index is 1.49. The first-order valence-corrected chi connectivity index (χ1v) is 9.67. The second-order valence-electron chi connectivity index (χ2n) is 7.56. The summed E-state index contributed by atoms with van der Waals surface area (Å²) in [5.74, 6) is -3.06. The van der Waals surface area contributed by atoms with E-state index in [1.165, 1.54) is 24.6 Å². The first kappa shape index (κ1) is 18.8. The van der Waals surface area contributed by atoms with Gasteiger partial charge in [-0.2, -0.15) is 0 Å². The summed E-state index contributed by atoms with van der Waals surface area (Å²) in [7, 11) is 0. The highest BCUT2D eigenvalue weighted by Gasteiger charge is 2.49. The van der Waals surface area contributed by atoms with Crippen molar-refractivity contribution in [1.82, 2.24) is 20.9 Å². The molecule has 4 atom stereocenters. The first-order chi connectivity index (χ1) is 13.5.